The number of anilines is 1. The fourth-order valence-electron chi connectivity index (χ4n) is 3.61. The van der Waals surface area contributed by atoms with E-state index in [1.165, 1.54) is 18.0 Å². The van der Waals surface area contributed by atoms with E-state index in [9.17, 15) is 27.9 Å². The van der Waals surface area contributed by atoms with Crippen molar-refractivity contribution in [3.8, 4) is 0 Å². The molecule has 3 heterocycles. The topological polar surface area (TPSA) is 125 Å². The number of alkyl halides is 3. The Morgan fingerprint density at radius 2 is 2.03 bits per heavy atom. The summed E-state index contributed by atoms with van der Waals surface area (Å²) < 4.78 is 43.8. The van der Waals surface area contributed by atoms with Crippen LogP contribution in [0, 0.1) is 5.41 Å². The van der Waals surface area contributed by atoms with E-state index in [-0.39, 0.29) is 35.9 Å². The maximum absolute atomic E-state index is 12.9. The molecule has 33 heavy (non-hydrogen) atoms. The van der Waals surface area contributed by atoms with Crippen molar-refractivity contribution >= 4 is 17.9 Å². The standard InChI is InChI=1S/C20H25F3N6O4/c1-19(4-8-28(9-5-19)17-25-7-3-15(26-17)20(21,22)23)6-10-29(18(31)32)12-13-11-14(27-33-13)16(30)24-2/h3,7,11H,4-6,8-10,12H2,1-2H3,(H,24,30)(H,31,32). The molecule has 0 spiro atoms. The predicted molar refractivity (Wildman–Crippen MR) is 110 cm³/mol. The van der Waals surface area contributed by atoms with Gasteiger partial charge in [-0.2, -0.15) is 13.2 Å². The number of amides is 2. The van der Waals surface area contributed by atoms with E-state index in [1.807, 2.05) is 6.92 Å². The Morgan fingerprint density at radius 3 is 2.64 bits per heavy atom. The SMILES string of the molecule is CNC(=O)c1cc(CN(CCC2(C)CCN(c3nccc(C(F)(F)F)n3)CC2)C(=O)O)on1. The lowest BCUT2D eigenvalue weighted by Crippen LogP contribution is -2.42. The van der Waals surface area contributed by atoms with Crippen LogP contribution in [-0.2, 0) is 12.7 Å². The number of halogens is 3. The molecule has 0 aromatic carbocycles. The molecule has 2 amide bonds. The molecule has 13 heteroatoms. The normalized spacial score (nSPS) is 15.8. The van der Waals surface area contributed by atoms with E-state index >= 15 is 0 Å². The first kappa shape index (κ1) is 24.3. The number of hydrogen-bond donors (Lipinski definition) is 2. The number of aromatic nitrogens is 3. The summed E-state index contributed by atoms with van der Waals surface area (Å²) in [7, 11) is 1.45. The molecule has 180 valence electrons. The molecule has 0 aliphatic carbocycles. The van der Waals surface area contributed by atoms with Crippen molar-refractivity contribution in [3.63, 3.8) is 0 Å². The van der Waals surface area contributed by atoms with Gasteiger partial charge in [-0.05, 0) is 30.7 Å². The number of nitrogens with zero attached hydrogens (tertiary/aromatic N) is 5. The minimum absolute atomic E-state index is 0.0382. The van der Waals surface area contributed by atoms with Gasteiger partial charge in [0.1, 0.15) is 5.69 Å². The monoisotopic (exact) mass is 470 g/mol. The third-order valence-corrected chi connectivity index (χ3v) is 5.81. The molecule has 2 N–H and O–H groups in total. The molecular weight excluding hydrogens is 445 g/mol. The van der Waals surface area contributed by atoms with Crippen molar-refractivity contribution in [1.29, 1.82) is 0 Å². The summed E-state index contributed by atoms with van der Waals surface area (Å²) in [4.78, 5) is 33.8. The number of hydrogen-bond acceptors (Lipinski definition) is 7. The Kier molecular flexibility index (Phi) is 7.08. The van der Waals surface area contributed by atoms with Crippen LogP contribution in [0.3, 0.4) is 0 Å². The van der Waals surface area contributed by atoms with Crippen LogP contribution < -0.4 is 10.2 Å². The number of piperidine rings is 1. The molecule has 0 radical (unpaired) electrons. The fourth-order valence-corrected chi connectivity index (χ4v) is 3.61. The quantitative estimate of drug-likeness (QED) is 0.633. The zero-order chi connectivity index (χ0) is 24.2. The van der Waals surface area contributed by atoms with Gasteiger partial charge in [0.15, 0.2) is 11.5 Å². The second-order valence-corrected chi connectivity index (χ2v) is 8.25. The van der Waals surface area contributed by atoms with Gasteiger partial charge in [0.05, 0.1) is 6.54 Å². The first-order valence-electron chi connectivity index (χ1n) is 10.3. The zero-order valence-corrected chi connectivity index (χ0v) is 18.2. The van der Waals surface area contributed by atoms with Gasteiger partial charge in [0, 0.05) is 38.9 Å². The molecular formula is C20H25F3N6O4. The van der Waals surface area contributed by atoms with Crippen LogP contribution in [0.1, 0.15) is 48.1 Å². The molecule has 1 fully saturated rings. The first-order chi connectivity index (χ1) is 15.5. The van der Waals surface area contributed by atoms with Crippen molar-refractivity contribution in [2.75, 3.05) is 31.6 Å². The molecule has 1 aliphatic heterocycles. The number of carbonyl (C=O) groups excluding carboxylic acids is 1. The van der Waals surface area contributed by atoms with E-state index in [4.69, 9.17) is 4.52 Å². The van der Waals surface area contributed by atoms with Crippen LogP contribution in [0.4, 0.5) is 23.9 Å². The van der Waals surface area contributed by atoms with E-state index in [1.54, 1.807) is 4.90 Å². The highest BCUT2D eigenvalue weighted by molar-refractivity contribution is 5.91. The van der Waals surface area contributed by atoms with Crippen LogP contribution >= 0.6 is 0 Å². The predicted octanol–water partition coefficient (Wildman–Crippen LogP) is 3.02. The van der Waals surface area contributed by atoms with Gasteiger partial charge in [0.25, 0.3) is 5.91 Å². The molecule has 0 saturated carbocycles. The summed E-state index contributed by atoms with van der Waals surface area (Å²) in [5.74, 6) is -0.148. The average Bonchev–Trinajstić information content (AvgIpc) is 3.24. The van der Waals surface area contributed by atoms with E-state index < -0.39 is 23.9 Å². The second kappa shape index (κ2) is 9.63. The van der Waals surface area contributed by atoms with E-state index in [0.717, 1.165) is 12.3 Å². The Morgan fingerprint density at radius 1 is 1.33 bits per heavy atom. The molecule has 10 nitrogen and oxygen atoms in total. The highest BCUT2D eigenvalue weighted by Crippen LogP contribution is 2.36. The average molecular weight is 470 g/mol. The van der Waals surface area contributed by atoms with Crippen LogP contribution in [-0.4, -0.2) is 63.8 Å². The molecule has 1 saturated heterocycles. The highest BCUT2D eigenvalue weighted by Gasteiger charge is 2.35. The van der Waals surface area contributed by atoms with E-state index in [2.05, 4.69) is 20.4 Å². The Labute approximate surface area is 187 Å². The summed E-state index contributed by atoms with van der Waals surface area (Å²) in [5.41, 5.74) is -1.13. The number of carbonyl (C=O) groups is 2. The van der Waals surface area contributed by atoms with Gasteiger partial charge in [-0.15, -0.1) is 0 Å². The second-order valence-electron chi connectivity index (χ2n) is 8.25. The fraction of sp³-hybridized carbons (Fsp3) is 0.550. The van der Waals surface area contributed by atoms with Crippen LogP contribution in [0.15, 0.2) is 22.9 Å². The maximum atomic E-state index is 12.9. The van der Waals surface area contributed by atoms with Crippen molar-refractivity contribution < 1.29 is 32.4 Å². The minimum atomic E-state index is -4.53. The van der Waals surface area contributed by atoms with Gasteiger partial charge in [-0.25, -0.2) is 14.8 Å². The lowest BCUT2D eigenvalue weighted by atomic mass is 9.77. The number of carboxylic acid groups (broad SMARTS) is 1. The summed E-state index contributed by atoms with van der Waals surface area (Å²) in [5, 5.41) is 15.6. The summed E-state index contributed by atoms with van der Waals surface area (Å²) in [6.45, 7) is 3.11. The van der Waals surface area contributed by atoms with Gasteiger partial charge < -0.3 is 24.7 Å². The Bertz CT molecular complexity index is 988. The lowest BCUT2D eigenvalue weighted by Gasteiger charge is -2.40. The number of nitrogens with one attached hydrogen (secondary N) is 1. The molecule has 2 aromatic rings. The molecule has 0 atom stereocenters. The third kappa shape index (κ3) is 6.11. The van der Waals surface area contributed by atoms with Gasteiger partial charge in [0.2, 0.25) is 5.95 Å². The van der Waals surface area contributed by atoms with E-state index in [0.29, 0.717) is 32.4 Å². The largest absolute Gasteiger partial charge is 0.465 e. The van der Waals surface area contributed by atoms with Crippen molar-refractivity contribution in [3.05, 3.63) is 35.5 Å². The maximum Gasteiger partial charge on any atom is 0.433 e. The smallest absolute Gasteiger partial charge is 0.433 e. The number of rotatable bonds is 7. The van der Waals surface area contributed by atoms with Gasteiger partial charge in [-0.3, -0.25) is 4.79 Å². The van der Waals surface area contributed by atoms with Crippen molar-refractivity contribution in [2.24, 2.45) is 5.41 Å². The van der Waals surface area contributed by atoms with Gasteiger partial charge >= 0.3 is 12.3 Å². The van der Waals surface area contributed by atoms with Crippen LogP contribution in [0.2, 0.25) is 0 Å². The summed E-state index contributed by atoms with van der Waals surface area (Å²) in [6, 6.07) is 2.23. The molecule has 1 aliphatic rings. The van der Waals surface area contributed by atoms with Crippen molar-refractivity contribution in [1.82, 2.24) is 25.3 Å². The summed E-state index contributed by atoms with van der Waals surface area (Å²) in [6.07, 6.45) is -2.74. The van der Waals surface area contributed by atoms with Gasteiger partial charge in [-0.1, -0.05) is 12.1 Å². The first-order valence-corrected chi connectivity index (χ1v) is 10.3. The van der Waals surface area contributed by atoms with Crippen molar-refractivity contribution in [2.45, 2.75) is 38.9 Å². The lowest BCUT2D eigenvalue weighted by molar-refractivity contribution is -0.141. The van der Waals surface area contributed by atoms with Crippen LogP contribution in [0.5, 0.6) is 0 Å². The third-order valence-electron chi connectivity index (χ3n) is 5.81. The molecule has 3 rings (SSSR count). The van der Waals surface area contributed by atoms with Crippen LogP contribution in [0.25, 0.3) is 0 Å². The Balaban J connectivity index is 1.57. The Hall–Kier alpha value is -3.38. The highest BCUT2D eigenvalue weighted by atomic mass is 19.4. The molecule has 0 bridgehead atoms. The summed E-state index contributed by atoms with van der Waals surface area (Å²) >= 11 is 0. The zero-order valence-electron chi connectivity index (χ0n) is 18.2. The molecule has 2 aromatic heterocycles. The molecule has 0 unspecified atom stereocenters. The minimum Gasteiger partial charge on any atom is -0.465 e.